The third-order valence-corrected chi connectivity index (χ3v) is 4.16. The summed E-state index contributed by atoms with van der Waals surface area (Å²) >= 11 is 0. The van der Waals surface area contributed by atoms with Crippen molar-refractivity contribution in [1.29, 1.82) is 5.26 Å². The molecule has 0 unspecified atom stereocenters. The summed E-state index contributed by atoms with van der Waals surface area (Å²) < 4.78 is 5.80. The highest BCUT2D eigenvalue weighted by Crippen LogP contribution is 2.23. The molecule has 0 radical (unpaired) electrons. The van der Waals surface area contributed by atoms with E-state index in [9.17, 15) is 10.1 Å². The maximum atomic E-state index is 12.5. The van der Waals surface area contributed by atoms with E-state index in [4.69, 9.17) is 4.74 Å². The quantitative estimate of drug-likeness (QED) is 0.477. The summed E-state index contributed by atoms with van der Waals surface area (Å²) in [5, 5.41) is 12.3. The van der Waals surface area contributed by atoms with Gasteiger partial charge < -0.3 is 10.1 Å². The monoisotopic (exact) mass is 368 g/mol. The minimum Gasteiger partial charge on any atom is -0.457 e. The third kappa shape index (κ3) is 5.09. The van der Waals surface area contributed by atoms with Gasteiger partial charge in [-0.1, -0.05) is 60.7 Å². The lowest BCUT2D eigenvalue weighted by Crippen LogP contribution is -2.27. The molecule has 3 aromatic carbocycles. The second-order valence-corrected chi connectivity index (χ2v) is 6.26. The fourth-order valence-electron chi connectivity index (χ4n) is 2.71. The first-order valence-electron chi connectivity index (χ1n) is 8.96. The smallest absolute Gasteiger partial charge is 0.262 e. The molecule has 0 aliphatic carbocycles. The number of nitrogens with zero attached hydrogens (tertiary/aromatic N) is 1. The number of carbonyl (C=O) groups excluding carboxylic acids is 1. The highest BCUT2D eigenvalue weighted by Gasteiger charge is 2.13. The minimum atomic E-state index is -0.409. The molecule has 0 saturated carbocycles. The van der Waals surface area contributed by atoms with Crippen LogP contribution in [0.4, 0.5) is 0 Å². The van der Waals surface area contributed by atoms with Crippen LogP contribution in [0.25, 0.3) is 6.08 Å². The third-order valence-electron chi connectivity index (χ3n) is 4.16. The summed E-state index contributed by atoms with van der Waals surface area (Å²) in [5.41, 5.74) is 1.73. The van der Waals surface area contributed by atoms with Crippen molar-refractivity contribution in [2.75, 3.05) is 0 Å². The SMILES string of the molecule is C[C@@H](NC(=O)/C(C#N)=C\c1cccc(Oc2ccccc2)c1)c1ccccc1. The van der Waals surface area contributed by atoms with Crippen molar-refractivity contribution in [3.05, 3.63) is 102 Å². The van der Waals surface area contributed by atoms with Crippen molar-refractivity contribution < 1.29 is 9.53 Å². The Morgan fingerprint density at radius 2 is 1.61 bits per heavy atom. The van der Waals surface area contributed by atoms with E-state index in [0.717, 1.165) is 11.3 Å². The Balaban J connectivity index is 1.74. The van der Waals surface area contributed by atoms with Gasteiger partial charge in [-0.25, -0.2) is 0 Å². The van der Waals surface area contributed by atoms with Crippen molar-refractivity contribution in [1.82, 2.24) is 5.32 Å². The lowest BCUT2D eigenvalue weighted by Gasteiger charge is -2.13. The Bertz CT molecular complexity index is 1010. The maximum absolute atomic E-state index is 12.5. The molecule has 3 rings (SSSR count). The lowest BCUT2D eigenvalue weighted by atomic mass is 10.1. The molecule has 0 saturated heterocycles. The molecule has 0 fully saturated rings. The molecule has 0 bridgehead atoms. The average Bonchev–Trinajstić information content (AvgIpc) is 2.73. The summed E-state index contributed by atoms with van der Waals surface area (Å²) in [7, 11) is 0. The minimum absolute atomic E-state index is 0.0413. The van der Waals surface area contributed by atoms with E-state index in [1.165, 1.54) is 0 Å². The molecule has 4 nitrogen and oxygen atoms in total. The normalized spacial score (nSPS) is 11.9. The number of benzene rings is 3. The van der Waals surface area contributed by atoms with E-state index in [0.29, 0.717) is 11.3 Å². The van der Waals surface area contributed by atoms with Crippen LogP contribution in [0.1, 0.15) is 24.1 Å². The standard InChI is InChI=1S/C24H20N2O2/c1-18(20-10-4-2-5-11-20)26-24(27)21(17-25)15-19-9-8-14-23(16-19)28-22-12-6-3-7-13-22/h2-16,18H,1H3,(H,26,27)/b21-15-/t18-/m1/s1. The van der Waals surface area contributed by atoms with E-state index >= 15 is 0 Å². The predicted molar refractivity (Wildman–Crippen MR) is 110 cm³/mol. The Labute approximate surface area is 164 Å². The fourth-order valence-corrected chi connectivity index (χ4v) is 2.71. The van der Waals surface area contributed by atoms with Gasteiger partial charge in [0.2, 0.25) is 0 Å². The summed E-state index contributed by atoms with van der Waals surface area (Å²) in [4.78, 5) is 12.5. The first-order valence-corrected chi connectivity index (χ1v) is 8.96. The second kappa shape index (κ2) is 9.20. The topological polar surface area (TPSA) is 62.1 Å². The molecule has 3 aromatic rings. The van der Waals surface area contributed by atoms with Gasteiger partial charge in [0, 0.05) is 0 Å². The van der Waals surface area contributed by atoms with Crippen LogP contribution in [0.15, 0.2) is 90.5 Å². The molecule has 1 N–H and O–H groups in total. The van der Waals surface area contributed by atoms with Crippen LogP contribution in [-0.4, -0.2) is 5.91 Å². The van der Waals surface area contributed by atoms with Crippen molar-refractivity contribution in [3.63, 3.8) is 0 Å². The highest BCUT2D eigenvalue weighted by molar-refractivity contribution is 6.01. The molecule has 0 aromatic heterocycles. The zero-order valence-corrected chi connectivity index (χ0v) is 15.5. The number of nitrogens with one attached hydrogen (secondary N) is 1. The molecule has 0 spiro atoms. The zero-order valence-electron chi connectivity index (χ0n) is 15.5. The van der Waals surface area contributed by atoms with Gasteiger partial charge in [0.05, 0.1) is 6.04 Å². The van der Waals surface area contributed by atoms with Gasteiger partial charge in [-0.2, -0.15) is 5.26 Å². The number of hydrogen-bond acceptors (Lipinski definition) is 3. The van der Waals surface area contributed by atoms with Gasteiger partial charge in [-0.3, -0.25) is 4.79 Å². The number of hydrogen-bond donors (Lipinski definition) is 1. The second-order valence-electron chi connectivity index (χ2n) is 6.26. The number of nitriles is 1. The van der Waals surface area contributed by atoms with Gasteiger partial charge in [0.15, 0.2) is 0 Å². The van der Waals surface area contributed by atoms with E-state index < -0.39 is 5.91 Å². The van der Waals surface area contributed by atoms with Crippen molar-refractivity contribution in [2.24, 2.45) is 0 Å². The average molecular weight is 368 g/mol. The molecule has 1 amide bonds. The molecular weight excluding hydrogens is 348 g/mol. The van der Waals surface area contributed by atoms with Crippen LogP contribution in [0, 0.1) is 11.3 Å². The molecule has 0 aliphatic heterocycles. The number of rotatable bonds is 6. The van der Waals surface area contributed by atoms with E-state index in [-0.39, 0.29) is 11.6 Å². The molecule has 0 aliphatic rings. The first kappa shape index (κ1) is 18.9. The Morgan fingerprint density at radius 1 is 0.964 bits per heavy atom. The molecule has 1 atom stereocenters. The van der Waals surface area contributed by atoms with Crippen LogP contribution in [0.2, 0.25) is 0 Å². The van der Waals surface area contributed by atoms with Crippen LogP contribution < -0.4 is 10.1 Å². The fraction of sp³-hybridized carbons (Fsp3) is 0.0833. The van der Waals surface area contributed by atoms with Crippen molar-refractivity contribution in [2.45, 2.75) is 13.0 Å². The van der Waals surface area contributed by atoms with Crippen molar-refractivity contribution >= 4 is 12.0 Å². The van der Waals surface area contributed by atoms with Crippen LogP contribution in [0.3, 0.4) is 0 Å². The van der Waals surface area contributed by atoms with Gasteiger partial charge in [-0.15, -0.1) is 0 Å². The molecule has 4 heteroatoms. The summed E-state index contributed by atoms with van der Waals surface area (Å²) in [6.07, 6.45) is 1.56. The largest absolute Gasteiger partial charge is 0.457 e. The van der Waals surface area contributed by atoms with E-state index in [2.05, 4.69) is 5.32 Å². The van der Waals surface area contributed by atoms with Crippen LogP contribution in [-0.2, 0) is 4.79 Å². The summed E-state index contributed by atoms with van der Waals surface area (Å²) in [6, 6.07) is 28.1. The number of ether oxygens (including phenoxy) is 1. The Hall–Kier alpha value is -3.84. The van der Waals surface area contributed by atoms with Crippen LogP contribution >= 0.6 is 0 Å². The van der Waals surface area contributed by atoms with Gasteiger partial charge >= 0.3 is 0 Å². The maximum Gasteiger partial charge on any atom is 0.262 e. The lowest BCUT2D eigenvalue weighted by molar-refractivity contribution is -0.117. The predicted octanol–water partition coefficient (Wildman–Crippen LogP) is 5.26. The molecule has 0 heterocycles. The van der Waals surface area contributed by atoms with Crippen molar-refractivity contribution in [3.8, 4) is 17.6 Å². The van der Waals surface area contributed by atoms with Gasteiger partial charge in [0.25, 0.3) is 5.91 Å². The van der Waals surface area contributed by atoms with Gasteiger partial charge in [0.1, 0.15) is 23.1 Å². The Kier molecular flexibility index (Phi) is 6.22. The van der Waals surface area contributed by atoms with Crippen LogP contribution in [0.5, 0.6) is 11.5 Å². The van der Waals surface area contributed by atoms with E-state index in [1.807, 2.05) is 91.9 Å². The number of amides is 1. The number of para-hydroxylation sites is 1. The number of carbonyl (C=O) groups is 1. The van der Waals surface area contributed by atoms with E-state index in [1.54, 1.807) is 12.1 Å². The molecular formula is C24H20N2O2. The highest BCUT2D eigenvalue weighted by atomic mass is 16.5. The zero-order chi connectivity index (χ0) is 19.8. The Morgan fingerprint density at radius 3 is 2.29 bits per heavy atom. The molecule has 138 valence electrons. The summed E-state index contributed by atoms with van der Waals surface area (Å²) in [5.74, 6) is 0.946. The molecule has 28 heavy (non-hydrogen) atoms. The van der Waals surface area contributed by atoms with Gasteiger partial charge in [-0.05, 0) is 48.4 Å². The summed E-state index contributed by atoms with van der Waals surface area (Å²) in [6.45, 7) is 1.89. The first-order chi connectivity index (χ1) is 13.7.